The second-order valence-electron chi connectivity index (χ2n) is 7.35. The van der Waals surface area contributed by atoms with Crippen LogP contribution in [0.25, 0.3) is 0 Å². The van der Waals surface area contributed by atoms with Crippen molar-refractivity contribution in [3.05, 3.63) is 0 Å². The maximum atomic E-state index is 11.9. The Morgan fingerprint density at radius 2 is 1.37 bits per heavy atom. The summed E-state index contributed by atoms with van der Waals surface area (Å²) in [7, 11) is 0. The Balaban J connectivity index is 3.76. The summed E-state index contributed by atoms with van der Waals surface area (Å²) >= 11 is 0. The molecular weight excluding hydrogens is 350 g/mol. The molecule has 0 saturated heterocycles. The standard InChI is InChI=1S/C20H41NO6/c1-2-3-4-5-6-7-8-9-10-11-16(24)12-13-21-17(14-22)19(26)20(27)18(25)15-23/h16-18,20-25,27H,2-15H2,1H3/t16?,17-,18+,20+/m0/s1. The number of hydrogen-bond acceptors (Lipinski definition) is 7. The number of rotatable bonds is 19. The molecule has 27 heavy (non-hydrogen) atoms. The van der Waals surface area contributed by atoms with Crippen molar-refractivity contribution in [2.24, 2.45) is 0 Å². The number of aliphatic hydroxyl groups is 5. The van der Waals surface area contributed by atoms with Gasteiger partial charge in [-0.1, -0.05) is 64.7 Å². The minimum atomic E-state index is -1.74. The van der Waals surface area contributed by atoms with Crippen molar-refractivity contribution in [1.82, 2.24) is 5.32 Å². The van der Waals surface area contributed by atoms with Gasteiger partial charge in [0.05, 0.1) is 25.4 Å². The van der Waals surface area contributed by atoms with E-state index in [-0.39, 0.29) is 0 Å². The van der Waals surface area contributed by atoms with E-state index in [2.05, 4.69) is 12.2 Å². The van der Waals surface area contributed by atoms with Gasteiger partial charge in [0.25, 0.3) is 0 Å². The zero-order chi connectivity index (χ0) is 20.5. The largest absolute Gasteiger partial charge is 0.394 e. The number of aliphatic hydroxyl groups excluding tert-OH is 5. The Bertz CT molecular complexity index is 355. The Morgan fingerprint density at radius 1 is 0.815 bits per heavy atom. The minimum absolute atomic E-state index is 0.317. The lowest BCUT2D eigenvalue weighted by atomic mass is 10.0. The average Bonchev–Trinajstić information content (AvgIpc) is 2.68. The van der Waals surface area contributed by atoms with Gasteiger partial charge in [0, 0.05) is 0 Å². The van der Waals surface area contributed by atoms with Crippen LogP contribution in [-0.4, -0.2) is 75.4 Å². The van der Waals surface area contributed by atoms with E-state index in [9.17, 15) is 25.2 Å². The zero-order valence-electron chi connectivity index (χ0n) is 16.9. The van der Waals surface area contributed by atoms with Crippen molar-refractivity contribution in [2.45, 2.75) is 102 Å². The van der Waals surface area contributed by atoms with E-state index in [1.165, 1.54) is 44.9 Å². The van der Waals surface area contributed by atoms with Crippen LogP contribution in [0, 0.1) is 0 Å². The molecule has 0 aromatic heterocycles. The number of nitrogens with one attached hydrogen (secondary N) is 1. The van der Waals surface area contributed by atoms with Gasteiger partial charge in [0.15, 0.2) is 5.78 Å². The van der Waals surface area contributed by atoms with Gasteiger partial charge in [0.1, 0.15) is 12.2 Å². The first kappa shape index (κ1) is 26.4. The Labute approximate surface area is 163 Å². The van der Waals surface area contributed by atoms with E-state index in [1.54, 1.807) is 0 Å². The molecule has 0 rings (SSSR count). The average molecular weight is 392 g/mol. The predicted octanol–water partition coefficient (Wildman–Crippen LogP) is 0.892. The summed E-state index contributed by atoms with van der Waals surface area (Å²) in [5.41, 5.74) is 0. The summed E-state index contributed by atoms with van der Waals surface area (Å²) in [4.78, 5) is 11.9. The third-order valence-electron chi connectivity index (χ3n) is 4.88. The van der Waals surface area contributed by atoms with Gasteiger partial charge in [-0.2, -0.15) is 0 Å². The quantitative estimate of drug-likeness (QED) is 0.180. The first-order chi connectivity index (χ1) is 13.0. The Morgan fingerprint density at radius 3 is 1.89 bits per heavy atom. The molecule has 6 N–H and O–H groups in total. The van der Waals surface area contributed by atoms with Crippen molar-refractivity contribution < 1.29 is 30.3 Å². The van der Waals surface area contributed by atoms with Crippen LogP contribution < -0.4 is 5.32 Å². The molecule has 0 radical (unpaired) electrons. The topological polar surface area (TPSA) is 130 Å². The fraction of sp³-hybridized carbons (Fsp3) is 0.950. The molecule has 0 aromatic rings. The number of carbonyl (C=O) groups excluding carboxylic acids is 1. The molecule has 0 aliphatic heterocycles. The number of unbranched alkanes of at least 4 members (excludes halogenated alkanes) is 8. The number of ketones is 1. The number of Topliss-reactive ketones (excluding diaryl/α,β-unsaturated/α-hetero) is 1. The van der Waals surface area contributed by atoms with Crippen LogP contribution in [0.4, 0.5) is 0 Å². The summed E-state index contributed by atoms with van der Waals surface area (Å²) < 4.78 is 0. The number of hydrogen-bond donors (Lipinski definition) is 6. The smallest absolute Gasteiger partial charge is 0.183 e. The van der Waals surface area contributed by atoms with Gasteiger partial charge >= 0.3 is 0 Å². The predicted molar refractivity (Wildman–Crippen MR) is 105 cm³/mol. The Hall–Kier alpha value is -0.570. The second kappa shape index (κ2) is 17.5. The molecule has 0 heterocycles. The summed E-state index contributed by atoms with van der Waals surface area (Å²) in [5, 5.41) is 49.7. The van der Waals surface area contributed by atoms with Gasteiger partial charge in [0.2, 0.25) is 0 Å². The van der Waals surface area contributed by atoms with E-state index in [4.69, 9.17) is 5.11 Å². The van der Waals surface area contributed by atoms with Gasteiger partial charge in [-0.3, -0.25) is 4.79 Å². The highest BCUT2D eigenvalue weighted by Crippen LogP contribution is 2.12. The molecule has 0 saturated carbocycles. The molecule has 1 unspecified atom stereocenters. The molecule has 0 fully saturated rings. The van der Waals surface area contributed by atoms with Crippen LogP contribution in [0.5, 0.6) is 0 Å². The summed E-state index contributed by atoms with van der Waals surface area (Å²) in [5.74, 6) is -0.771. The highest BCUT2D eigenvalue weighted by molar-refractivity contribution is 5.88. The van der Waals surface area contributed by atoms with Gasteiger partial charge in [-0.05, 0) is 19.4 Å². The summed E-state index contributed by atoms with van der Waals surface area (Å²) in [6.45, 7) is 1.27. The molecule has 0 bridgehead atoms. The van der Waals surface area contributed by atoms with Crippen molar-refractivity contribution in [3.63, 3.8) is 0 Å². The van der Waals surface area contributed by atoms with Crippen molar-refractivity contribution in [2.75, 3.05) is 19.8 Å². The van der Waals surface area contributed by atoms with Crippen LogP contribution in [-0.2, 0) is 4.79 Å². The monoisotopic (exact) mass is 391 g/mol. The van der Waals surface area contributed by atoms with Crippen LogP contribution in [0.2, 0.25) is 0 Å². The fourth-order valence-corrected chi connectivity index (χ4v) is 3.01. The molecule has 0 spiro atoms. The van der Waals surface area contributed by atoms with Gasteiger partial charge < -0.3 is 30.8 Å². The molecule has 0 aliphatic carbocycles. The van der Waals surface area contributed by atoms with Crippen LogP contribution in [0.3, 0.4) is 0 Å². The molecule has 7 nitrogen and oxygen atoms in total. The summed E-state index contributed by atoms with van der Waals surface area (Å²) in [6.07, 6.45) is 8.44. The van der Waals surface area contributed by atoms with E-state index in [0.29, 0.717) is 19.4 Å². The summed E-state index contributed by atoms with van der Waals surface area (Å²) in [6, 6.07) is -1.03. The van der Waals surface area contributed by atoms with Crippen molar-refractivity contribution in [3.8, 4) is 0 Å². The van der Waals surface area contributed by atoms with Crippen molar-refractivity contribution in [1.29, 1.82) is 0 Å². The molecule has 4 atom stereocenters. The van der Waals surface area contributed by atoms with E-state index < -0.39 is 43.4 Å². The molecule has 162 valence electrons. The van der Waals surface area contributed by atoms with Gasteiger partial charge in [-0.25, -0.2) is 0 Å². The lowest BCUT2D eigenvalue weighted by Gasteiger charge is -2.21. The van der Waals surface area contributed by atoms with E-state index in [1.807, 2.05) is 0 Å². The third kappa shape index (κ3) is 13.3. The maximum Gasteiger partial charge on any atom is 0.183 e. The lowest BCUT2D eigenvalue weighted by Crippen LogP contribution is -2.50. The fourth-order valence-electron chi connectivity index (χ4n) is 3.01. The van der Waals surface area contributed by atoms with Crippen LogP contribution >= 0.6 is 0 Å². The van der Waals surface area contributed by atoms with Crippen LogP contribution in [0.15, 0.2) is 0 Å². The van der Waals surface area contributed by atoms with Crippen LogP contribution in [0.1, 0.15) is 77.6 Å². The van der Waals surface area contributed by atoms with Gasteiger partial charge in [-0.15, -0.1) is 0 Å². The van der Waals surface area contributed by atoms with Crippen molar-refractivity contribution >= 4 is 5.78 Å². The maximum absolute atomic E-state index is 11.9. The van der Waals surface area contributed by atoms with E-state index in [0.717, 1.165) is 12.8 Å². The molecule has 0 amide bonds. The molecule has 0 aromatic carbocycles. The first-order valence-electron chi connectivity index (χ1n) is 10.5. The molecule has 7 heteroatoms. The molecular formula is C20H41NO6. The second-order valence-corrected chi connectivity index (χ2v) is 7.35. The third-order valence-corrected chi connectivity index (χ3v) is 4.88. The zero-order valence-corrected chi connectivity index (χ0v) is 16.9. The highest BCUT2D eigenvalue weighted by Gasteiger charge is 2.29. The minimum Gasteiger partial charge on any atom is -0.394 e. The normalized spacial score (nSPS) is 16.1. The Kier molecular flexibility index (Phi) is 17.2. The first-order valence-corrected chi connectivity index (χ1v) is 10.5. The number of carbonyl (C=O) groups is 1. The SMILES string of the molecule is CCCCCCCCCCCC(O)CCN[C@@H](CO)C(=O)[C@H](O)[C@H](O)CO. The highest BCUT2D eigenvalue weighted by atomic mass is 16.4. The van der Waals surface area contributed by atoms with E-state index >= 15 is 0 Å². The lowest BCUT2D eigenvalue weighted by molar-refractivity contribution is -0.137. The molecule has 0 aliphatic rings.